The minimum absolute atomic E-state index is 0.785. The first-order valence-electron chi connectivity index (χ1n) is 6.05. The topological polar surface area (TPSA) is 41.1 Å². The second-order valence-corrected chi connectivity index (χ2v) is 4.03. The van der Waals surface area contributed by atoms with Gasteiger partial charge in [0.25, 0.3) is 0 Å². The summed E-state index contributed by atoms with van der Waals surface area (Å²) in [6.07, 6.45) is 4.91. The lowest BCUT2D eigenvalue weighted by molar-refractivity contribution is 0.756. The maximum Gasteiger partial charge on any atom is 0.137 e. The molecule has 0 aliphatic rings. The molecule has 0 radical (unpaired) electrons. The zero-order chi connectivity index (χ0) is 12.7. The van der Waals surface area contributed by atoms with Crippen LogP contribution in [0.5, 0.6) is 0 Å². The van der Waals surface area contributed by atoms with Gasteiger partial charge in [-0.3, -0.25) is 0 Å². The van der Waals surface area contributed by atoms with Crippen LogP contribution in [0.4, 0.5) is 5.82 Å². The zero-order valence-electron chi connectivity index (χ0n) is 11.0. The van der Waals surface area contributed by atoms with Gasteiger partial charge in [-0.15, -0.1) is 6.58 Å². The van der Waals surface area contributed by atoms with E-state index >= 15 is 0 Å². The van der Waals surface area contributed by atoms with E-state index in [0.717, 1.165) is 43.3 Å². The summed E-state index contributed by atoms with van der Waals surface area (Å²) in [5.74, 6) is 1.83. The summed E-state index contributed by atoms with van der Waals surface area (Å²) in [6.45, 7) is 10.5. The number of aromatic nitrogens is 2. The molecule has 4 nitrogen and oxygen atoms in total. The van der Waals surface area contributed by atoms with Crippen LogP contribution in [0.25, 0.3) is 0 Å². The molecule has 1 rings (SSSR count). The number of nitrogens with one attached hydrogen (secondary N) is 1. The maximum atomic E-state index is 4.56. The van der Waals surface area contributed by atoms with E-state index in [4.69, 9.17) is 0 Å². The number of hydrogen-bond acceptors (Lipinski definition) is 4. The molecule has 0 unspecified atom stereocenters. The van der Waals surface area contributed by atoms with Gasteiger partial charge in [0.1, 0.15) is 11.6 Å². The molecule has 1 aromatic heterocycles. The Morgan fingerprint density at radius 2 is 2.29 bits per heavy atom. The van der Waals surface area contributed by atoms with E-state index in [1.165, 1.54) is 0 Å². The van der Waals surface area contributed by atoms with Gasteiger partial charge in [0.05, 0.1) is 0 Å². The lowest BCUT2D eigenvalue weighted by Gasteiger charge is -2.24. The minimum Gasteiger partial charge on any atom is -0.353 e. The minimum atomic E-state index is 0.785. The Hall–Kier alpha value is -1.42. The highest BCUT2D eigenvalue weighted by atomic mass is 15.2. The molecule has 4 heteroatoms. The number of hydrogen-bond donors (Lipinski definition) is 1. The molecule has 1 N–H and O–H groups in total. The predicted molar refractivity (Wildman–Crippen MR) is 72.2 cm³/mol. The highest BCUT2D eigenvalue weighted by molar-refractivity contribution is 5.46. The smallest absolute Gasteiger partial charge is 0.137 e. The third kappa shape index (κ3) is 3.82. The summed E-state index contributed by atoms with van der Waals surface area (Å²) in [7, 11) is 1.93. The van der Waals surface area contributed by atoms with Gasteiger partial charge in [-0.2, -0.15) is 0 Å². The molecule has 94 valence electrons. The second-order valence-electron chi connectivity index (χ2n) is 4.03. The largest absolute Gasteiger partial charge is 0.353 e. The van der Waals surface area contributed by atoms with Gasteiger partial charge in [-0.05, 0) is 20.4 Å². The van der Waals surface area contributed by atoms with E-state index in [0.29, 0.717) is 0 Å². The van der Waals surface area contributed by atoms with Crippen molar-refractivity contribution in [2.24, 2.45) is 0 Å². The van der Waals surface area contributed by atoms with Crippen molar-refractivity contribution in [3.05, 3.63) is 30.2 Å². The fourth-order valence-electron chi connectivity index (χ4n) is 1.78. The molecular formula is C13H22N4. The summed E-state index contributed by atoms with van der Waals surface area (Å²) in [5.41, 5.74) is 1.13. The average molecular weight is 234 g/mol. The molecule has 0 bridgehead atoms. The molecule has 1 heterocycles. The Balaban J connectivity index is 3.04. The van der Waals surface area contributed by atoms with Crippen LogP contribution in [-0.4, -0.2) is 30.1 Å². The molecule has 17 heavy (non-hydrogen) atoms. The molecule has 0 saturated carbocycles. The van der Waals surface area contributed by atoms with Crippen LogP contribution in [0.15, 0.2) is 18.9 Å². The second kappa shape index (κ2) is 7.01. The summed E-state index contributed by atoms with van der Waals surface area (Å²) in [4.78, 5) is 11.1. The number of rotatable bonds is 7. The maximum absolute atomic E-state index is 4.56. The van der Waals surface area contributed by atoms with Crippen LogP contribution >= 0.6 is 0 Å². The summed E-state index contributed by atoms with van der Waals surface area (Å²) in [5, 5.41) is 3.15. The summed E-state index contributed by atoms with van der Waals surface area (Å²) >= 11 is 0. The molecule has 0 atom stereocenters. The van der Waals surface area contributed by atoms with Crippen LogP contribution in [-0.2, 0) is 6.54 Å². The van der Waals surface area contributed by atoms with Gasteiger partial charge in [0, 0.05) is 31.4 Å². The van der Waals surface area contributed by atoms with Gasteiger partial charge in [-0.1, -0.05) is 13.0 Å². The summed E-state index contributed by atoms with van der Waals surface area (Å²) < 4.78 is 0. The number of aryl methyl sites for hydroxylation is 1. The monoisotopic (exact) mass is 234 g/mol. The molecular weight excluding hydrogens is 212 g/mol. The zero-order valence-corrected chi connectivity index (χ0v) is 11.0. The number of anilines is 1. The van der Waals surface area contributed by atoms with Crippen molar-refractivity contribution in [2.45, 2.75) is 26.8 Å². The third-order valence-corrected chi connectivity index (χ3v) is 2.47. The van der Waals surface area contributed by atoms with Crippen LogP contribution in [0.1, 0.15) is 24.7 Å². The lowest BCUT2D eigenvalue weighted by Crippen LogP contribution is -2.27. The fourth-order valence-corrected chi connectivity index (χ4v) is 1.78. The first-order chi connectivity index (χ1) is 8.22. The Morgan fingerprint density at radius 1 is 1.53 bits per heavy atom. The normalized spacial score (nSPS) is 10.3. The lowest BCUT2D eigenvalue weighted by atomic mass is 10.2. The molecule has 1 aromatic rings. The highest BCUT2D eigenvalue weighted by Crippen LogP contribution is 2.17. The molecule has 0 fully saturated rings. The molecule has 0 saturated heterocycles. The third-order valence-electron chi connectivity index (χ3n) is 2.47. The number of nitrogens with zero attached hydrogens (tertiary/aromatic N) is 3. The van der Waals surface area contributed by atoms with E-state index in [1.54, 1.807) is 0 Å². The van der Waals surface area contributed by atoms with Gasteiger partial charge in [-0.25, -0.2) is 9.97 Å². The predicted octanol–water partition coefficient (Wildman–Crippen LogP) is 1.91. The first-order valence-corrected chi connectivity index (χ1v) is 6.05. The first kappa shape index (κ1) is 13.6. The van der Waals surface area contributed by atoms with Crippen molar-refractivity contribution in [2.75, 3.05) is 25.0 Å². The Morgan fingerprint density at radius 3 is 2.88 bits per heavy atom. The van der Waals surface area contributed by atoms with Crippen molar-refractivity contribution in [3.8, 4) is 0 Å². The van der Waals surface area contributed by atoms with E-state index in [9.17, 15) is 0 Å². The molecule has 0 aliphatic heterocycles. The summed E-state index contributed by atoms with van der Waals surface area (Å²) in [6, 6.07) is 0. The van der Waals surface area contributed by atoms with Crippen LogP contribution in [0.3, 0.4) is 0 Å². The van der Waals surface area contributed by atoms with Gasteiger partial charge < -0.3 is 10.2 Å². The van der Waals surface area contributed by atoms with Crippen molar-refractivity contribution in [1.29, 1.82) is 0 Å². The quantitative estimate of drug-likeness (QED) is 0.732. The SMILES string of the molecule is C=CCN(CCC)c1nc(C)ncc1CNC. The highest BCUT2D eigenvalue weighted by Gasteiger charge is 2.11. The Kier molecular flexibility index (Phi) is 5.63. The van der Waals surface area contributed by atoms with E-state index in [2.05, 4.69) is 33.7 Å². The van der Waals surface area contributed by atoms with Gasteiger partial charge in [0.15, 0.2) is 0 Å². The van der Waals surface area contributed by atoms with E-state index in [-0.39, 0.29) is 0 Å². The molecule has 0 aliphatic carbocycles. The Labute approximate surface area is 104 Å². The standard InChI is InChI=1S/C13H22N4/c1-5-7-17(8-6-2)13-12(9-14-4)10-15-11(3)16-13/h5,10,14H,1,6-9H2,2-4H3. The van der Waals surface area contributed by atoms with Crippen LogP contribution in [0, 0.1) is 6.92 Å². The van der Waals surface area contributed by atoms with Crippen molar-refractivity contribution in [3.63, 3.8) is 0 Å². The fraction of sp³-hybridized carbons (Fsp3) is 0.538. The van der Waals surface area contributed by atoms with Crippen molar-refractivity contribution < 1.29 is 0 Å². The Bertz CT molecular complexity index is 362. The van der Waals surface area contributed by atoms with E-state index < -0.39 is 0 Å². The van der Waals surface area contributed by atoms with Gasteiger partial charge in [0.2, 0.25) is 0 Å². The van der Waals surface area contributed by atoms with Gasteiger partial charge >= 0.3 is 0 Å². The average Bonchev–Trinajstić information content (AvgIpc) is 2.31. The van der Waals surface area contributed by atoms with Crippen molar-refractivity contribution in [1.82, 2.24) is 15.3 Å². The van der Waals surface area contributed by atoms with Crippen LogP contribution < -0.4 is 10.2 Å². The van der Waals surface area contributed by atoms with Crippen LogP contribution in [0.2, 0.25) is 0 Å². The molecule has 0 aromatic carbocycles. The molecule has 0 amide bonds. The van der Waals surface area contributed by atoms with E-state index in [1.807, 2.05) is 26.2 Å². The van der Waals surface area contributed by atoms with Crippen molar-refractivity contribution >= 4 is 5.82 Å². The molecule has 0 spiro atoms.